The molecule has 5 nitrogen and oxygen atoms in total. The first-order valence-corrected chi connectivity index (χ1v) is 6.30. The predicted octanol–water partition coefficient (Wildman–Crippen LogP) is 1.83. The molecule has 0 aromatic heterocycles. The van der Waals surface area contributed by atoms with E-state index in [9.17, 15) is 24.9 Å². The van der Waals surface area contributed by atoms with Gasteiger partial charge in [-0.05, 0) is 12.8 Å². The van der Waals surface area contributed by atoms with Crippen LogP contribution in [-0.4, -0.2) is 33.9 Å². The SMILES string of the molecule is CCC1(CO)C=C(C(=O)O)C(C)(CC)C(C(=O)O)=C1. The first-order chi connectivity index (χ1) is 8.76. The van der Waals surface area contributed by atoms with Crippen LogP contribution in [0.25, 0.3) is 0 Å². The maximum atomic E-state index is 11.4. The molecule has 0 radical (unpaired) electrons. The number of aliphatic carboxylic acids is 2. The van der Waals surface area contributed by atoms with Crippen LogP contribution >= 0.6 is 0 Å². The Balaban J connectivity index is 3.56. The van der Waals surface area contributed by atoms with Gasteiger partial charge in [-0.2, -0.15) is 0 Å². The lowest BCUT2D eigenvalue weighted by Gasteiger charge is -2.39. The predicted molar refractivity (Wildman–Crippen MR) is 69.6 cm³/mol. The monoisotopic (exact) mass is 268 g/mol. The minimum absolute atomic E-state index is 0.0470. The number of aliphatic hydroxyl groups is 1. The van der Waals surface area contributed by atoms with Crippen molar-refractivity contribution >= 4 is 11.9 Å². The van der Waals surface area contributed by atoms with Crippen LogP contribution < -0.4 is 0 Å². The van der Waals surface area contributed by atoms with Crippen molar-refractivity contribution in [2.45, 2.75) is 33.6 Å². The molecule has 0 heterocycles. The molecule has 0 spiro atoms. The first-order valence-electron chi connectivity index (χ1n) is 6.30. The highest BCUT2D eigenvalue weighted by atomic mass is 16.4. The molecule has 0 unspecified atom stereocenters. The molecule has 0 fully saturated rings. The molecule has 0 amide bonds. The minimum atomic E-state index is -1.14. The summed E-state index contributed by atoms with van der Waals surface area (Å²) >= 11 is 0. The van der Waals surface area contributed by atoms with E-state index in [1.54, 1.807) is 20.8 Å². The Bertz CT molecular complexity index is 420. The summed E-state index contributed by atoms with van der Waals surface area (Å²) in [4.78, 5) is 22.9. The summed E-state index contributed by atoms with van der Waals surface area (Å²) < 4.78 is 0. The Morgan fingerprint density at radius 1 is 1.05 bits per heavy atom. The normalized spacial score (nSPS) is 30.5. The molecule has 0 atom stereocenters. The van der Waals surface area contributed by atoms with Gasteiger partial charge in [0.2, 0.25) is 0 Å². The van der Waals surface area contributed by atoms with Crippen LogP contribution in [-0.2, 0) is 9.59 Å². The van der Waals surface area contributed by atoms with Gasteiger partial charge in [0.15, 0.2) is 0 Å². The molecule has 1 aliphatic carbocycles. The number of carboxylic acid groups (broad SMARTS) is 2. The Hall–Kier alpha value is -1.62. The molecular formula is C14H20O5. The molecule has 3 N–H and O–H groups in total. The van der Waals surface area contributed by atoms with E-state index in [0.717, 1.165) is 0 Å². The van der Waals surface area contributed by atoms with Gasteiger partial charge in [-0.3, -0.25) is 0 Å². The van der Waals surface area contributed by atoms with Crippen LogP contribution in [0.4, 0.5) is 0 Å². The van der Waals surface area contributed by atoms with Gasteiger partial charge in [-0.25, -0.2) is 9.59 Å². The van der Waals surface area contributed by atoms with Crippen LogP contribution in [0.5, 0.6) is 0 Å². The molecule has 0 aromatic rings. The van der Waals surface area contributed by atoms with Crippen molar-refractivity contribution in [3.05, 3.63) is 23.3 Å². The fourth-order valence-electron chi connectivity index (χ4n) is 2.46. The van der Waals surface area contributed by atoms with Crippen molar-refractivity contribution in [3.63, 3.8) is 0 Å². The zero-order valence-corrected chi connectivity index (χ0v) is 11.4. The molecule has 106 valence electrons. The number of hydrogen-bond donors (Lipinski definition) is 3. The molecule has 0 aromatic carbocycles. The van der Waals surface area contributed by atoms with Crippen molar-refractivity contribution in [2.75, 3.05) is 6.61 Å². The summed E-state index contributed by atoms with van der Waals surface area (Å²) in [6.07, 6.45) is 3.82. The van der Waals surface area contributed by atoms with Gasteiger partial charge in [0.25, 0.3) is 0 Å². The zero-order chi connectivity index (χ0) is 14.8. The molecule has 0 aliphatic heterocycles. The number of aliphatic hydroxyl groups excluding tert-OH is 1. The van der Waals surface area contributed by atoms with E-state index in [2.05, 4.69) is 0 Å². The Kier molecular flexibility index (Phi) is 4.20. The van der Waals surface area contributed by atoms with E-state index < -0.39 is 22.8 Å². The second-order valence-electron chi connectivity index (χ2n) is 5.16. The fraction of sp³-hybridized carbons (Fsp3) is 0.571. The summed E-state index contributed by atoms with van der Waals surface area (Å²) in [5, 5.41) is 28.2. The summed E-state index contributed by atoms with van der Waals surface area (Å²) in [5.74, 6) is -2.27. The van der Waals surface area contributed by atoms with Gasteiger partial charge in [0, 0.05) is 22.0 Å². The topological polar surface area (TPSA) is 94.8 Å². The summed E-state index contributed by atoms with van der Waals surface area (Å²) in [6.45, 7) is 4.85. The van der Waals surface area contributed by atoms with Crippen LogP contribution in [0.2, 0.25) is 0 Å². The van der Waals surface area contributed by atoms with Gasteiger partial charge in [-0.15, -0.1) is 0 Å². The third-order valence-electron chi connectivity index (χ3n) is 4.17. The lowest BCUT2D eigenvalue weighted by atomic mass is 9.64. The quantitative estimate of drug-likeness (QED) is 0.707. The van der Waals surface area contributed by atoms with Crippen LogP contribution in [0, 0.1) is 10.8 Å². The second kappa shape index (κ2) is 5.17. The van der Waals surface area contributed by atoms with E-state index in [1.807, 2.05) is 0 Å². The number of carboxylic acids is 2. The van der Waals surface area contributed by atoms with E-state index >= 15 is 0 Å². The Morgan fingerprint density at radius 3 is 1.68 bits per heavy atom. The van der Waals surface area contributed by atoms with Gasteiger partial charge in [0.1, 0.15) is 0 Å². The van der Waals surface area contributed by atoms with E-state index in [0.29, 0.717) is 12.8 Å². The molecule has 0 bridgehead atoms. The number of carbonyl (C=O) groups is 2. The maximum absolute atomic E-state index is 11.4. The molecule has 1 aliphatic rings. The van der Waals surface area contributed by atoms with Gasteiger partial charge in [0.05, 0.1) is 6.61 Å². The third-order valence-corrected chi connectivity index (χ3v) is 4.17. The highest BCUT2D eigenvalue weighted by Gasteiger charge is 2.45. The van der Waals surface area contributed by atoms with Crippen molar-refractivity contribution < 1.29 is 24.9 Å². The number of rotatable bonds is 5. The van der Waals surface area contributed by atoms with Gasteiger partial charge < -0.3 is 15.3 Å². The summed E-state index contributed by atoms with van der Waals surface area (Å²) in [7, 11) is 0. The molecule has 1 rings (SSSR count). The van der Waals surface area contributed by atoms with Crippen LogP contribution in [0.15, 0.2) is 23.3 Å². The molecule has 5 heteroatoms. The highest BCUT2D eigenvalue weighted by molar-refractivity contribution is 5.97. The van der Waals surface area contributed by atoms with Crippen molar-refractivity contribution in [1.82, 2.24) is 0 Å². The van der Waals surface area contributed by atoms with E-state index in [1.165, 1.54) is 12.2 Å². The van der Waals surface area contributed by atoms with Gasteiger partial charge in [-0.1, -0.05) is 32.9 Å². The minimum Gasteiger partial charge on any atom is -0.478 e. The molecule has 0 saturated heterocycles. The zero-order valence-electron chi connectivity index (χ0n) is 11.4. The number of hydrogen-bond acceptors (Lipinski definition) is 3. The second-order valence-corrected chi connectivity index (χ2v) is 5.16. The largest absolute Gasteiger partial charge is 0.478 e. The summed E-state index contributed by atoms with van der Waals surface area (Å²) in [6, 6.07) is 0. The molecule has 0 saturated carbocycles. The molecule has 19 heavy (non-hydrogen) atoms. The van der Waals surface area contributed by atoms with Crippen molar-refractivity contribution in [1.29, 1.82) is 0 Å². The summed E-state index contributed by atoms with van der Waals surface area (Å²) in [5.41, 5.74) is -1.85. The fourth-order valence-corrected chi connectivity index (χ4v) is 2.46. The molecular weight excluding hydrogens is 248 g/mol. The first kappa shape index (κ1) is 15.4. The van der Waals surface area contributed by atoms with Crippen LogP contribution in [0.1, 0.15) is 33.6 Å². The standard InChI is InChI=1S/C14H20O5/c1-4-13(3)9(11(16)17)6-14(5-2,8-15)7-10(13)12(18)19/h6-7,15H,4-5,8H2,1-3H3,(H,16,17)(H,18,19). The highest BCUT2D eigenvalue weighted by Crippen LogP contribution is 2.47. The third kappa shape index (κ3) is 2.42. The average molecular weight is 268 g/mol. The smallest absolute Gasteiger partial charge is 0.332 e. The van der Waals surface area contributed by atoms with Crippen LogP contribution in [0.3, 0.4) is 0 Å². The maximum Gasteiger partial charge on any atom is 0.332 e. The van der Waals surface area contributed by atoms with E-state index in [-0.39, 0.29) is 17.8 Å². The Morgan fingerprint density at radius 2 is 1.47 bits per heavy atom. The lowest BCUT2D eigenvalue weighted by molar-refractivity contribution is -0.135. The van der Waals surface area contributed by atoms with Gasteiger partial charge >= 0.3 is 11.9 Å². The van der Waals surface area contributed by atoms with Crippen molar-refractivity contribution in [2.24, 2.45) is 10.8 Å². The lowest BCUT2D eigenvalue weighted by Crippen LogP contribution is -2.38. The van der Waals surface area contributed by atoms with E-state index in [4.69, 9.17) is 0 Å². The Labute approximate surface area is 112 Å². The van der Waals surface area contributed by atoms with Crippen molar-refractivity contribution in [3.8, 4) is 0 Å². The average Bonchev–Trinajstić information content (AvgIpc) is 2.38.